The first-order valence-corrected chi connectivity index (χ1v) is 8.33. The number of amides is 1. The summed E-state index contributed by atoms with van der Waals surface area (Å²) >= 11 is 0. The second kappa shape index (κ2) is 6.21. The van der Waals surface area contributed by atoms with Crippen LogP contribution in [0.2, 0.25) is 0 Å². The highest BCUT2D eigenvalue weighted by Crippen LogP contribution is 2.36. The molecular weight excluding hydrogens is 296 g/mol. The number of benzene rings is 1. The Morgan fingerprint density at radius 1 is 1.14 bits per heavy atom. The quantitative estimate of drug-likeness (QED) is 0.908. The van der Waals surface area contributed by atoms with Crippen molar-refractivity contribution in [1.29, 1.82) is 0 Å². The number of nitrogens with one attached hydrogen (secondary N) is 1. The molecule has 0 spiro atoms. The summed E-state index contributed by atoms with van der Waals surface area (Å²) in [5, 5.41) is 3.66. The molecule has 0 saturated carbocycles. The Morgan fingerprint density at radius 3 is 2.55 bits per heavy atom. The Balaban J connectivity index is 0.00000144. The number of halogens is 1. The molecule has 3 nitrogen and oxygen atoms in total. The molecule has 3 atom stereocenters. The fourth-order valence-electron chi connectivity index (χ4n) is 4.58. The Kier molecular flexibility index (Phi) is 4.47. The minimum Gasteiger partial charge on any atom is -0.342 e. The molecule has 2 bridgehead atoms. The summed E-state index contributed by atoms with van der Waals surface area (Å²) in [7, 11) is 2.03. The van der Waals surface area contributed by atoms with Crippen molar-refractivity contribution in [2.75, 3.05) is 7.05 Å². The van der Waals surface area contributed by atoms with Crippen molar-refractivity contribution in [3.05, 3.63) is 35.4 Å². The molecule has 4 rings (SSSR count). The van der Waals surface area contributed by atoms with E-state index in [1.54, 1.807) is 0 Å². The summed E-state index contributed by atoms with van der Waals surface area (Å²) in [5.41, 5.74) is 2.64. The van der Waals surface area contributed by atoms with E-state index in [0.717, 1.165) is 25.7 Å². The molecule has 2 saturated heterocycles. The Hall–Kier alpha value is -1.06. The van der Waals surface area contributed by atoms with Crippen molar-refractivity contribution in [3.8, 4) is 0 Å². The highest BCUT2D eigenvalue weighted by Gasteiger charge is 2.39. The molecule has 1 aromatic carbocycles. The van der Waals surface area contributed by atoms with Gasteiger partial charge in [0.1, 0.15) is 0 Å². The van der Waals surface area contributed by atoms with Gasteiger partial charge in [-0.25, -0.2) is 0 Å². The van der Waals surface area contributed by atoms with Gasteiger partial charge in [-0.2, -0.15) is 0 Å². The molecule has 3 aliphatic rings. The lowest BCUT2D eigenvalue weighted by atomic mass is 9.95. The van der Waals surface area contributed by atoms with Gasteiger partial charge in [0.25, 0.3) is 0 Å². The number of carbonyl (C=O) groups excluding carboxylic acids is 1. The van der Waals surface area contributed by atoms with Crippen LogP contribution >= 0.6 is 12.4 Å². The van der Waals surface area contributed by atoms with Gasteiger partial charge in [0.05, 0.1) is 5.92 Å². The summed E-state index contributed by atoms with van der Waals surface area (Å²) in [6.07, 6.45) is 6.88. The third-order valence-corrected chi connectivity index (χ3v) is 5.77. The van der Waals surface area contributed by atoms with Crippen molar-refractivity contribution in [2.24, 2.45) is 0 Å². The Labute approximate surface area is 138 Å². The molecule has 1 amide bonds. The molecule has 0 aromatic heterocycles. The van der Waals surface area contributed by atoms with Crippen LogP contribution in [0.1, 0.15) is 49.1 Å². The zero-order valence-corrected chi connectivity index (χ0v) is 13.9. The zero-order chi connectivity index (χ0) is 14.4. The van der Waals surface area contributed by atoms with Crippen molar-refractivity contribution in [1.82, 2.24) is 10.2 Å². The van der Waals surface area contributed by atoms with Gasteiger partial charge in [0, 0.05) is 25.2 Å². The number of hydrogen-bond donors (Lipinski definition) is 1. The normalized spacial score (nSPS) is 32.2. The van der Waals surface area contributed by atoms with Crippen LogP contribution in [0.15, 0.2) is 24.3 Å². The molecule has 1 N–H and O–H groups in total. The molecule has 1 aromatic rings. The van der Waals surface area contributed by atoms with Gasteiger partial charge in [-0.1, -0.05) is 24.3 Å². The van der Waals surface area contributed by atoms with E-state index in [0.29, 0.717) is 24.0 Å². The van der Waals surface area contributed by atoms with E-state index in [9.17, 15) is 4.79 Å². The molecule has 3 unspecified atom stereocenters. The first-order valence-electron chi connectivity index (χ1n) is 8.33. The minimum atomic E-state index is 0. The fraction of sp³-hybridized carbons (Fsp3) is 0.611. The van der Waals surface area contributed by atoms with Gasteiger partial charge in [0.2, 0.25) is 5.91 Å². The summed E-state index contributed by atoms with van der Waals surface area (Å²) in [6.45, 7) is 0. The van der Waals surface area contributed by atoms with Gasteiger partial charge in [-0.15, -0.1) is 12.4 Å². The van der Waals surface area contributed by atoms with Gasteiger partial charge in [0.15, 0.2) is 0 Å². The molecule has 2 aliphatic heterocycles. The third kappa shape index (κ3) is 2.65. The van der Waals surface area contributed by atoms with Gasteiger partial charge in [-0.3, -0.25) is 4.79 Å². The SMILES string of the molecule is CN(C(=O)C1CCc2ccccc21)C1CC2CCC(C1)N2.Cl. The fourth-order valence-corrected chi connectivity index (χ4v) is 4.58. The summed E-state index contributed by atoms with van der Waals surface area (Å²) < 4.78 is 0. The topological polar surface area (TPSA) is 32.3 Å². The Morgan fingerprint density at radius 2 is 1.82 bits per heavy atom. The van der Waals surface area contributed by atoms with Crippen LogP contribution in [-0.2, 0) is 11.2 Å². The smallest absolute Gasteiger partial charge is 0.230 e. The van der Waals surface area contributed by atoms with E-state index in [4.69, 9.17) is 0 Å². The maximum atomic E-state index is 12.9. The van der Waals surface area contributed by atoms with Crippen LogP contribution < -0.4 is 5.32 Å². The van der Waals surface area contributed by atoms with E-state index >= 15 is 0 Å². The van der Waals surface area contributed by atoms with E-state index < -0.39 is 0 Å². The van der Waals surface area contributed by atoms with Crippen molar-refractivity contribution < 1.29 is 4.79 Å². The lowest BCUT2D eigenvalue weighted by Gasteiger charge is -2.36. The first-order chi connectivity index (χ1) is 10.2. The highest BCUT2D eigenvalue weighted by atomic mass is 35.5. The molecule has 1 aliphatic carbocycles. The Bertz CT molecular complexity index is 550. The van der Waals surface area contributed by atoms with Crippen molar-refractivity contribution in [3.63, 3.8) is 0 Å². The zero-order valence-electron chi connectivity index (χ0n) is 13.1. The average Bonchev–Trinajstić information content (AvgIpc) is 3.09. The van der Waals surface area contributed by atoms with Gasteiger partial charge in [-0.05, 0) is 49.7 Å². The van der Waals surface area contributed by atoms with E-state index in [-0.39, 0.29) is 18.3 Å². The van der Waals surface area contributed by atoms with Gasteiger partial charge >= 0.3 is 0 Å². The third-order valence-electron chi connectivity index (χ3n) is 5.77. The van der Waals surface area contributed by atoms with Gasteiger partial charge < -0.3 is 10.2 Å². The highest BCUT2D eigenvalue weighted by molar-refractivity contribution is 5.85. The second-order valence-electron chi connectivity index (χ2n) is 7.00. The number of nitrogens with zero attached hydrogens (tertiary/aromatic N) is 1. The van der Waals surface area contributed by atoms with Crippen molar-refractivity contribution >= 4 is 18.3 Å². The molecule has 2 heterocycles. The van der Waals surface area contributed by atoms with E-state index in [1.807, 2.05) is 7.05 Å². The van der Waals surface area contributed by atoms with Crippen LogP contribution in [0.4, 0.5) is 0 Å². The van der Waals surface area contributed by atoms with E-state index in [1.165, 1.54) is 24.0 Å². The van der Waals surface area contributed by atoms with Crippen LogP contribution in [0, 0.1) is 0 Å². The monoisotopic (exact) mass is 320 g/mol. The maximum absolute atomic E-state index is 12.9. The number of hydrogen-bond acceptors (Lipinski definition) is 2. The molecule has 2 fully saturated rings. The summed E-state index contributed by atoms with van der Waals surface area (Å²) in [6, 6.07) is 10.2. The molecule has 120 valence electrons. The predicted molar refractivity (Wildman–Crippen MR) is 90.5 cm³/mol. The van der Waals surface area contributed by atoms with Crippen molar-refractivity contribution in [2.45, 2.75) is 62.6 Å². The summed E-state index contributed by atoms with van der Waals surface area (Å²) in [4.78, 5) is 15.0. The molecule has 0 radical (unpaired) electrons. The van der Waals surface area contributed by atoms with Crippen LogP contribution in [0.3, 0.4) is 0 Å². The molecule has 22 heavy (non-hydrogen) atoms. The number of likely N-dealkylation sites (N-methyl/N-ethyl adjacent to an activating group) is 1. The number of carbonyl (C=O) groups is 1. The standard InChI is InChI=1S/C18H24N2O.ClH/c1-20(15-10-13-7-8-14(11-15)19-13)18(21)17-9-6-12-4-2-3-5-16(12)17;/h2-5,13-15,17,19H,6-11H2,1H3;1H. The molecule has 4 heteroatoms. The first kappa shape index (κ1) is 15.8. The van der Waals surface area contributed by atoms with Crippen LogP contribution in [0.25, 0.3) is 0 Å². The number of aryl methyl sites for hydroxylation is 1. The summed E-state index contributed by atoms with van der Waals surface area (Å²) in [5.74, 6) is 0.435. The number of rotatable bonds is 2. The second-order valence-corrected chi connectivity index (χ2v) is 7.00. The lowest BCUT2D eigenvalue weighted by molar-refractivity contribution is -0.134. The molecular formula is C18H25ClN2O. The van der Waals surface area contributed by atoms with Crippen LogP contribution in [-0.4, -0.2) is 36.0 Å². The number of piperidine rings is 1. The largest absolute Gasteiger partial charge is 0.342 e. The van der Waals surface area contributed by atoms with E-state index in [2.05, 4.69) is 34.5 Å². The predicted octanol–water partition coefficient (Wildman–Crippen LogP) is 2.88. The van der Waals surface area contributed by atoms with Crippen LogP contribution in [0.5, 0.6) is 0 Å². The average molecular weight is 321 g/mol. The minimum absolute atomic E-state index is 0. The number of fused-ring (bicyclic) bond motifs is 3. The maximum Gasteiger partial charge on any atom is 0.230 e. The lowest BCUT2D eigenvalue weighted by Crippen LogP contribution is -2.49.